The molecule has 0 bridgehead atoms. The molecule has 0 rings (SSSR count). The lowest BCUT2D eigenvalue weighted by Gasteiger charge is -2.18. The Labute approximate surface area is 335 Å². The Morgan fingerprint density at radius 2 is 1.11 bits per heavy atom. The van der Waals surface area contributed by atoms with Crippen molar-refractivity contribution in [1.29, 1.82) is 0 Å². The summed E-state index contributed by atoms with van der Waals surface area (Å²) in [6.45, 7) is 5.81. The van der Waals surface area contributed by atoms with Crippen LogP contribution < -0.4 is 0 Å². The fourth-order valence-corrected chi connectivity index (χ4v) is 6.34. The lowest BCUT2D eigenvalue weighted by Crippen LogP contribution is -2.29. The SMILES string of the molecule is CCCCC/C=C\C/C=C\C/C=C\C=C\C(=O)CCCC(=O)O[C@H](COC(=O)CCCCCCCCCCCCCCCCCCC(C)C)COP(=O)(O)O. The van der Waals surface area contributed by atoms with Crippen molar-refractivity contribution in [2.24, 2.45) is 5.92 Å². The van der Waals surface area contributed by atoms with Gasteiger partial charge in [-0.2, -0.15) is 0 Å². The average Bonchev–Trinajstić information content (AvgIpc) is 3.13. The molecule has 1 atom stereocenters. The van der Waals surface area contributed by atoms with Gasteiger partial charge >= 0.3 is 19.8 Å². The lowest BCUT2D eigenvalue weighted by atomic mass is 10.0. The minimum atomic E-state index is -4.82. The number of carbonyl (C=O) groups is 3. The summed E-state index contributed by atoms with van der Waals surface area (Å²) in [7, 11) is -4.82. The van der Waals surface area contributed by atoms with Crippen molar-refractivity contribution in [2.45, 2.75) is 200 Å². The van der Waals surface area contributed by atoms with E-state index in [4.69, 9.17) is 19.3 Å². The van der Waals surface area contributed by atoms with Crippen LogP contribution in [-0.4, -0.2) is 46.8 Å². The van der Waals surface area contributed by atoms with Gasteiger partial charge in [0.25, 0.3) is 0 Å². The largest absolute Gasteiger partial charge is 0.469 e. The Balaban J connectivity index is 4.06. The molecule has 10 heteroatoms. The van der Waals surface area contributed by atoms with Gasteiger partial charge in [0.05, 0.1) is 6.61 Å². The second kappa shape index (κ2) is 38.5. The zero-order valence-corrected chi connectivity index (χ0v) is 35.9. The van der Waals surface area contributed by atoms with Gasteiger partial charge in [-0.15, -0.1) is 0 Å². The van der Waals surface area contributed by atoms with Crippen LogP contribution in [0.5, 0.6) is 0 Å². The summed E-state index contributed by atoms with van der Waals surface area (Å²) in [6.07, 6.45) is 42.7. The maximum absolute atomic E-state index is 12.4. The molecule has 0 unspecified atom stereocenters. The number of ketones is 1. The highest BCUT2D eigenvalue weighted by atomic mass is 31.2. The van der Waals surface area contributed by atoms with E-state index in [-0.39, 0.29) is 38.1 Å². The molecule has 0 aliphatic carbocycles. The highest BCUT2D eigenvalue weighted by molar-refractivity contribution is 7.46. The van der Waals surface area contributed by atoms with E-state index in [0.29, 0.717) is 6.42 Å². The molecule has 0 aliphatic rings. The van der Waals surface area contributed by atoms with Crippen molar-refractivity contribution in [3.8, 4) is 0 Å². The van der Waals surface area contributed by atoms with Gasteiger partial charge in [-0.05, 0) is 50.5 Å². The number of hydrogen-bond donors (Lipinski definition) is 2. The summed E-state index contributed by atoms with van der Waals surface area (Å²) in [5, 5.41) is 0. The van der Waals surface area contributed by atoms with E-state index < -0.39 is 32.5 Å². The van der Waals surface area contributed by atoms with Crippen LogP contribution in [0.15, 0.2) is 48.6 Å². The van der Waals surface area contributed by atoms with Gasteiger partial charge in [0.15, 0.2) is 11.9 Å². The van der Waals surface area contributed by atoms with E-state index in [1.54, 1.807) is 6.08 Å². The molecule has 55 heavy (non-hydrogen) atoms. The van der Waals surface area contributed by atoms with Crippen molar-refractivity contribution in [3.63, 3.8) is 0 Å². The van der Waals surface area contributed by atoms with Crippen LogP contribution in [-0.2, 0) is 32.9 Å². The van der Waals surface area contributed by atoms with Gasteiger partial charge in [0.2, 0.25) is 0 Å². The molecular formula is C45H79O9P. The normalized spacial score (nSPS) is 12.9. The quantitative estimate of drug-likeness (QED) is 0.0156. The van der Waals surface area contributed by atoms with Crippen LogP contribution in [0.25, 0.3) is 0 Å². The molecule has 0 fully saturated rings. The number of phosphoric ester groups is 1. The van der Waals surface area contributed by atoms with E-state index in [1.165, 1.54) is 109 Å². The minimum Gasteiger partial charge on any atom is -0.462 e. The van der Waals surface area contributed by atoms with E-state index in [9.17, 15) is 18.9 Å². The maximum atomic E-state index is 12.4. The van der Waals surface area contributed by atoms with Crippen molar-refractivity contribution < 1.29 is 42.7 Å². The number of phosphoric acid groups is 1. The molecule has 0 aromatic heterocycles. The van der Waals surface area contributed by atoms with Crippen molar-refractivity contribution in [1.82, 2.24) is 0 Å². The van der Waals surface area contributed by atoms with E-state index in [1.807, 2.05) is 12.2 Å². The number of hydrogen-bond acceptors (Lipinski definition) is 7. The Bertz CT molecular complexity index is 1110. The molecule has 2 N–H and O–H groups in total. The van der Waals surface area contributed by atoms with Gasteiger partial charge in [0.1, 0.15) is 6.61 Å². The lowest BCUT2D eigenvalue weighted by molar-refractivity contribution is -0.161. The average molecular weight is 795 g/mol. The predicted octanol–water partition coefficient (Wildman–Crippen LogP) is 12.6. The standard InChI is InChI=1S/C45H79O9P/c1-4-5-6-7-8-9-10-15-19-22-25-28-31-35-42(46)36-33-38-45(48)54-43(40-53-55(49,50)51)39-52-44(47)37-32-29-26-23-20-17-14-12-11-13-16-18-21-24-27-30-34-41(2)3/h8-9,15,19,25,28,31,35,41,43H,4-7,10-14,16-18,20-24,26-27,29-30,32-34,36-40H2,1-3H3,(H2,49,50,51)/b9-8-,19-15-,28-25-,35-31+/t43-/m1/s1. The Hall–Kier alpha value is -2.32. The molecule has 0 aromatic carbocycles. The number of rotatable bonds is 39. The first-order valence-corrected chi connectivity index (χ1v) is 23.3. The molecule has 0 heterocycles. The summed E-state index contributed by atoms with van der Waals surface area (Å²) >= 11 is 0. The van der Waals surface area contributed by atoms with Crippen LogP contribution in [0, 0.1) is 5.92 Å². The van der Waals surface area contributed by atoms with Crippen molar-refractivity contribution >= 4 is 25.5 Å². The maximum Gasteiger partial charge on any atom is 0.469 e. The molecule has 0 aromatic rings. The zero-order chi connectivity index (χ0) is 40.7. The molecule has 0 aliphatic heterocycles. The number of allylic oxidation sites excluding steroid dienone is 8. The van der Waals surface area contributed by atoms with Gasteiger partial charge in [-0.1, -0.05) is 179 Å². The van der Waals surface area contributed by atoms with Crippen LogP contribution in [0.2, 0.25) is 0 Å². The topological polar surface area (TPSA) is 136 Å². The third kappa shape index (κ3) is 42.7. The van der Waals surface area contributed by atoms with Gasteiger partial charge < -0.3 is 19.3 Å². The zero-order valence-electron chi connectivity index (χ0n) is 35.0. The monoisotopic (exact) mass is 795 g/mol. The van der Waals surface area contributed by atoms with E-state index in [2.05, 4.69) is 49.6 Å². The summed E-state index contributed by atoms with van der Waals surface area (Å²) in [5.74, 6) is -0.436. The highest BCUT2D eigenvalue weighted by Crippen LogP contribution is 2.36. The highest BCUT2D eigenvalue weighted by Gasteiger charge is 2.23. The fourth-order valence-electron chi connectivity index (χ4n) is 5.98. The summed E-state index contributed by atoms with van der Waals surface area (Å²) < 4.78 is 26.2. The number of unbranched alkanes of at least 4 members (excludes halogenated alkanes) is 18. The first kappa shape index (κ1) is 52.7. The number of esters is 2. The Morgan fingerprint density at radius 1 is 0.582 bits per heavy atom. The van der Waals surface area contributed by atoms with Crippen LogP contribution in [0.3, 0.4) is 0 Å². The fraction of sp³-hybridized carbons (Fsp3) is 0.756. The van der Waals surface area contributed by atoms with Crippen molar-refractivity contribution in [3.05, 3.63) is 48.6 Å². The predicted molar refractivity (Wildman–Crippen MR) is 226 cm³/mol. The first-order valence-electron chi connectivity index (χ1n) is 21.7. The van der Waals surface area contributed by atoms with Crippen LogP contribution in [0.1, 0.15) is 194 Å². The Kier molecular flexibility index (Phi) is 36.9. The molecule has 9 nitrogen and oxygen atoms in total. The summed E-state index contributed by atoms with van der Waals surface area (Å²) in [5.41, 5.74) is 0. The summed E-state index contributed by atoms with van der Waals surface area (Å²) in [4.78, 5) is 55.0. The third-order valence-electron chi connectivity index (χ3n) is 9.25. The summed E-state index contributed by atoms with van der Waals surface area (Å²) in [6, 6.07) is 0. The molecule has 0 saturated carbocycles. The van der Waals surface area contributed by atoms with Crippen molar-refractivity contribution in [2.75, 3.05) is 13.2 Å². The van der Waals surface area contributed by atoms with Crippen LogP contribution >= 0.6 is 7.82 Å². The number of ether oxygens (including phenoxy) is 2. The molecule has 0 amide bonds. The molecule has 0 radical (unpaired) electrons. The third-order valence-corrected chi connectivity index (χ3v) is 9.74. The van der Waals surface area contributed by atoms with Gasteiger partial charge in [0, 0.05) is 19.3 Å². The molecular weight excluding hydrogens is 715 g/mol. The van der Waals surface area contributed by atoms with E-state index >= 15 is 0 Å². The number of carbonyl (C=O) groups excluding carboxylic acids is 3. The minimum absolute atomic E-state index is 0.0769. The van der Waals surface area contributed by atoms with Crippen LogP contribution in [0.4, 0.5) is 0 Å². The van der Waals surface area contributed by atoms with E-state index in [0.717, 1.165) is 44.4 Å². The molecule has 0 spiro atoms. The second-order valence-electron chi connectivity index (χ2n) is 15.2. The Morgan fingerprint density at radius 3 is 1.67 bits per heavy atom. The first-order chi connectivity index (χ1) is 26.5. The smallest absolute Gasteiger partial charge is 0.462 e. The van der Waals surface area contributed by atoms with Gasteiger partial charge in [-0.3, -0.25) is 18.9 Å². The molecule has 318 valence electrons. The van der Waals surface area contributed by atoms with Gasteiger partial charge in [-0.25, -0.2) is 4.57 Å². The second-order valence-corrected chi connectivity index (χ2v) is 16.4. The molecule has 0 saturated heterocycles.